The number of ether oxygens (including phenoxy) is 1. The van der Waals surface area contributed by atoms with Crippen LogP contribution in [0.2, 0.25) is 0 Å². The van der Waals surface area contributed by atoms with Crippen LogP contribution in [-0.4, -0.2) is 17.5 Å². The molecule has 1 fully saturated rings. The molecule has 1 heterocycles. The van der Waals surface area contributed by atoms with Crippen molar-refractivity contribution < 1.29 is 4.74 Å². The average Bonchev–Trinajstić information content (AvgIpc) is 2.85. The zero-order valence-corrected chi connectivity index (χ0v) is 12.8. The molecule has 0 amide bonds. The maximum Gasteiger partial charge on any atom is 0.0586 e. The largest absolute Gasteiger partial charge is 0.378 e. The summed E-state index contributed by atoms with van der Waals surface area (Å²) >= 11 is 3.87. The number of halogens is 1. The van der Waals surface area contributed by atoms with E-state index in [1.165, 1.54) is 22.8 Å². The molecule has 0 saturated carbocycles. The van der Waals surface area contributed by atoms with Gasteiger partial charge in [-0.05, 0) is 42.0 Å². The Hall–Kier alpha value is -0.860. The van der Waals surface area contributed by atoms with Crippen LogP contribution in [0.1, 0.15) is 18.9 Å². The first-order valence-electron chi connectivity index (χ1n) is 6.97. The van der Waals surface area contributed by atoms with Gasteiger partial charge in [-0.15, -0.1) is 0 Å². The van der Waals surface area contributed by atoms with E-state index in [0.717, 1.165) is 13.0 Å². The van der Waals surface area contributed by atoms with Gasteiger partial charge in [0.2, 0.25) is 0 Å². The lowest BCUT2D eigenvalue weighted by Gasteiger charge is -2.20. The van der Waals surface area contributed by atoms with Crippen LogP contribution in [0.5, 0.6) is 0 Å². The van der Waals surface area contributed by atoms with Gasteiger partial charge in [0.15, 0.2) is 0 Å². The third-order valence-corrected chi connectivity index (χ3v) is 5.15. The Kier molecular flexibility index (Phi) is 3.90. The van der Waals surface area contributed by atoms with Crippen LogP contribution >= 0.6 is 15.9 Å². The standard InChI is InChI=1S/C17H19BrO/c1-12-16(8-9-19-12)17(18)11-13-6-7-14-4-2-3-5-15(14)10-13/h2-7,10,12,16-17H,8-9,11H2,1H3. The van der Waals surface area contributed by atoms with E-state index in [9.17, 15) is 0 Å². The monoisotopic (exact) mass is 318 g/mol. The number of rotatable bonds is 3. The highest BCUT2D eigenvalue weighted by Gasteiger charge is 2.30. The molecule has 3 rings (SSSR count). The minimum atomic E-state index is 0.379. The van der Waals surface area contributed by atoms with Gasteiger partial charge in [0, 0.05) is 11.4 Å². The highest BCUT2D eigenvalue weighted by molar-refractivity contribution is 9.09. The molecule has 1 nitrogen and oxygen atoms in total. The summed E-state index contributed by atoms with van der Waals surface area (Å²) < 4.78 is 5.66. The molecule has 0 aromatic heterocycles. The van der Waals surface area contributed by atoms with Gasteiger partial charge >= 0.3 is 0 Å². The van der Waals surface area contributed by atoms with Gasteiger partial charge < -0.3 is 4.74 Å². The molecule has 0 spiro atoms. The molecule has 0 bridgehead atoms. The van der Waals surface area contributed by atoms with E-state index < -0.39 is 0 Å². The van der Waals surface area contributed by atoms with Crippen molar-refractivity contribution in [2.24, 2.45) is 5.92 Å². The lowest BCUT2D eigenvalue weighted by atomic mass is 9.93. The fourth-order valence-corrected chi connectivity index (χ4v) is 4.03. The Bertz CT molecular complexity index is 566. The van der Waals surface area contributed by atoms with E-state index in [2.05, 4.69) is 65.3 Å². The third kappa shape index (κ3) is 2.85. The van der Waals surface area contributed by atoms with Crippen molar-refractivity contribution in [3.05, 3.63) is 48.0 Å². The Morgan fingerprint density at radius 3 is 2.74 bits per heavy atom. The van der Waals surface area contributed by atoms with Gasteiger partial charge in [-0.1, -0.05) is 58.4 Å². The lowest BCUT2D eigenvalue weighted by molar-refractivity contribution is 0.105. The molecule has 2 aromatic rings. The normalized spacial score (nSPS) is 24.7. The molecular weight excluding hydrogens is 300 g/mol. The Labute approximate surface area is 123 Å². The molecule has 0 radical (unpaired) electrons. The van der Waals surface area contributed by atoms with Crippen molar-refractivity contribution in [1.29, 1.82) is 0 Å². The molecule has 1 saturated heterocycles. The molecule has 2 aromatic carbocycles. The molecule has 0 N–H and O–H groups in total. The maximum absolute atomic E-state index is 5.66. The Morgan fingerprint density at radius 1 is 1.21 bits per heavy atom. The smallest absolute Gasteiger partial charge is 0.0586 e. The fraction of sp³-hybridized carbons (Fsp3) is 0.412. The predicted molar refractivity (Wildman–Crippen MR) is 83.9 cm³/mol. The van der Waals surface area contributed by atoms with E-state index in [0.29, 0.717) is 16.8 Å². The van der Waals surface area contributed by atoms with Gasteiger partial charge in [0.1, 0.15) is 0 Å². The van der Waals surface area contributed by atoms with Crippen LogP contribution in [0.4, 0.5) is 0 Å². The summed E-state index contributed by atoms with van der Waals surface area (Å²) in [6, 6.07) is 15.3. The van der Waals surface area contributed by atoms with Crippen molar-refractivity contribution in [3.63, 3.8) is 0 Å². The van der Waals surface area contributed by atoms with E-state index in [-0.39, 0.29) is 0 Å². The van der Waals surface area contributed by atoms with Crippen LogP contribution in [0.25, 0.3) is 10.8 Å². The van der Waals surface area contributed by atoms with Crippen LogP contribution in [0.15, 0.2) is 42.5 Å². The quantitative estimate of drug-likeness (QED) is 0.753. The third-order valence-electron chi connectivity index (χ3n) is 4.14. The summed E-state index contributed by atoms with van der Waals surface area (Å²) in [6.45, 7) is 3.10. The average molecular weight is 319 g/mol. The van der Waals surface area contributed by atoms with Crippen molar-refractivity contribution in [3.8, 4) is 0 Å². The molecule has 100 valence electrons. The van der Waals surface area contributed by atoms with E-state index in [4.69, 9.17) is 4.74 Å². The highest BCUT2D eigenvalue weighted by atomic mass is 79.9. The minimum absolute atomic E-state index is 0.379. The van der Waals surface area contributed by atoms with Crippen molar-refractivity contribution in [2.75, 3.05) is 6.61 Å². The van der Waals surface area contributed by atoms with Gasteiger partial charge in [0.05, 0.1) is 6.10 Å². The number of alkyl halides is 1. The van der Waals surface area contributed by atoms with Crippen molar-refractivity contribution >= 4 is 26.7 Å². The first-order chi connectivity index (χ1) is 9.24. The summed E-state index contributed by atoms with van der Waals surface area (Å²) in [6.07, 6.45) is 2.62. The number of benzene rings is 2. The van der Waals surface area contributed by atoms with E-state index in [1.807, 2.05) is 0 Å². The number of hydrogen-bond acceptors (Lipinski definition) is 1. The van der Waals surface area contributed by atoms with E-state index >= 15 is 0 Å². The van der Waals surface area contributed by atoms with E-state index in [1.54, 1.807) is 0 Å². The first-order valence-corrected chi connectivity index (χ1v) is 7.89. The predicted octanol–water partition coefficient (Wildman–Crippen LogP) is 4.57. The van der Waals surface area contributed by atoms with Crippen LogP contribution < -0.4 is 0 Å². The summed E-state index contributed by atoms with van der Waals surface area (Å²) in [5, 5.41) is 2.64. The van der Waals surface area contributed by atoms with Crippen molar-refractivity contribution in [2.45, 2.75) is 30.7 Å². The van der Waals surface area contributed by atoms with Gasteiger partial charge in [0.25, 0.3) is 0 Å². The second-order valence-corrected chi connectivity index (χ2v) is 6.61. The van der Waals surface area contributed by atoms with Crippen LogP contribution in [0.3, 0.4) is 0 Å². The molecule has 19 heavy (non-hydrogen) atoms. The summed E-state index contributed by atoms with van der Waals surface area (Å²) in [5.41, 5.74) is 1.40. The SMILES string of the molecule is CC1OCCC1C(Br)Cc1ccc2ccccc2c1. The first kappa shape index (κ1) is 13.1. The Balaban J connectivity index is 1.77. The van der Waals surface area contributed by atoms with Crippen LogP contribution in [-0.2, 0) is 11.2 Å². The molecule has 0 aliphatic carbocycles. The second-order valence-electron chi connectivity index (χ2n) is 5.43. The van der Waals surface area contributed by atoms with Crippen molar-refractivity contribution in [1.82, 2.24) is 0 Å². The molecule has 3 atom stereocenters. The summed E-state index contributed by atoms with van der Waals surface area (Å²) in [5.74, 6) is 0.631. The number of fused-ring (bicyclic) bond motifs is 1. The topological polar surface area (TPSA) is 9.23 Å². The van der Waals surface area contributed by atoms with Gasteiger partial charge in [-0.3, -0.25) is 0 Å². The maximum atomic E-state index is 5.66. The zero-order valence-electron chi connectivity index (χ0n) is 11.2. The number of hydrogen-bond donors (Lipinski definition) is 0. The van der Waals surface area contributed by atoms with Crippen LogP contribution in [0, 0.1) is 5.92 Å². The Morgan fingerprint density at radius 2 is 2.00 bits per heavy atom. The molecule has 1 aliphatic heterocycles. The fourth-order valence-electron chi connectivity index (χ4n) is 2.97. The second kappa shape index (κ2) is 5.64. The highest BCUT2D eigenvalue weighted by Crippen LogP contribution is 2.31. The molecule has 1 aliphatic rings. The summed E-state index contributed by atoms with van der Waals surface area (Å²) in [7, 11) is 0. The summed E-state index contributed by atoms with van der Waals surface area (Å²) in [4.78, 5) is 0.506. The zero-order chi connectivity index (χ0) is 13.2. The lowest BCUT2D eigenvalue weighted by Crippen LogP contribution is -2.23. The molecular formula is C17H19BrO. The minimum Gasteiger partial charge on any atom is -0.378 e. The van der Waals surface area contributed by atoms with Gasteiger partial charge in [-0.2, -0.15) is 0 Å². The molecule has 3 unspecified atom stereocenters. The van der Waals surface area contributed by atoms with Gasteiger partial charge in [-0.25, -0.2) is 0 Å². The molecule has 2 heteroatoms.